The van der Waals surface area contributed by atoms with Gasteiger partial charge in [0.2, 0.25) is 0 Å². The fourth-order valence-electron chi connectivity index (χ4n) is 10.6. The maximum absolute atomic E-state index is 12.4. The highest BCUT2D eigenvalue weighted by molar-refractivity contribution is 5.70. The van der Waals surface area contributed by atoms with Crippen molar-refractivity contribution in [3.63, 3.8) is 0 Å². The van der Waals surface area contributed by atoms with Gasteiger partial charge in [-0.2, -0.15) is 0 Å². The molecule has 1 unspecified atom stereocenters. The highest BCUT2D eigenvalue weighted by atomic mass is 16.6. The second-order valence-corrected chi connectivity index (χ2v) is 24.6. The second-order valence-electron chi connectivity index (χ2n) is 24.6. The summed E-state index contributed by atoms with van der Waals surface area (Å²) in [6.45, 7) is 3.94. The van der Waals surface area contributed by atoms with Crippen molar-refractivity contribution in [3.8, 4) is 0 Å². The molecule has 0 spiro atoms. The van der Waals surface area contributed by atoms with Gasteiger partial charge in [-0.25, -0.2) is 0 Å². The van der Waals surface area contributed by atoms with E-state index >= 15 is 0 Å². The molecular formula is C83H140O5. The van der Waals surface area contributed by atoms with Crippen LogP contribution < -0.4 is 0 Å². The average Bonchev–Trinajstić information content (AvgIpc) is 3.54. The van der Waals surface area contributed by atoms with Gasteiger partial charge in [-0.3, -0.25) is 9.59 Å². The molecule has 0 fully saturated rings. The summed E-state index contributed by atoms with van der Waals surface area (Å²) in [7, 11) is 0. The van der Waals surface area contributed by atoms with Gasteiger partial charge in [0, 0.05) is 12.8 Å². The molecule has 5 heteroatoms. The van der Waals surface area contributed by atoms with Gasteiger partial charge in [-0.15, -0.1) is 0 Å². The summed E-state index contributed by atoms with van der Waals surface area (Å²) in [5.74, 6) is -0.582. The highest BCUT2D eigenvalue weighted by Crippen LogP contribution is 2.18. The number of unbranched alkanes of at least 4 members (excludes halogenated alkanes) is 36. The lowest BCUT2D eigenvalue weighted by molar-refractivity contribution is -0.161. The number of carbonyl (C=O) groups is 2. The summed E-state index contributed by atoms with van der Waals surface area (Å²) >= 11 is 0. The average molecular weight is 1220 g/mol. The first-order valence-electron chi connectivity index (χ1n) is 37.4. The molecule has 0 rings (SSSR count). The predicted octanol–water partition coefficient (Wildman–Crippen LogP) is 26.4. The van der Waals surface area contributed by atoms with Gasteiger partial charge in [-0.05, 0) is 116 Å². The smallest absolute Gasteiger partial charge is 0.306 e. The van der Waals surface area contributed by atoms with Crippen molar-refractivity contribution in [1.29, 1.82) is 0 Å². The third-order valence-electron chi connectivity index (χ3n) is 16.1. The summed E-state index contributed by atoms with van der Waals surface area (Å²) in [5.41, 5.74) is 0. The van der Waals surface area contributed by atoms with E-state index in [2.05, 4.69) is 160 Å². The highest BCUT2D eigenvalue weighted by Gasteiger charge is 2.16. The van der Waals surface area contributed by atoms with Crippen LogP contribution in [0, 0.1) is 0 Å². The van der Waals surface area contributed by atoms with E-state index in [1.807, 2.05) is 0 Å². The van der Waals surface area contributed by atoms with Gasteiger partial charge in [0.25, 0.3) is 0 Å². The molecule has 5 nitrogen and oxygen atoms in total. The largest absolute Gasteiger partial charge is 0.462 e. The van der Waals surface area contributed by atoms with Crippen LogP contribution in [0.1, 0.15) is 348 Å². The fourth-order valence-corrected chi connectivity index (χ4v) is 10.6. The van der Waals surface area contributed by atoms with E-state index in [1.54, 1.807) is 0 Å². The second kappa shape index (κ2) is 77.0. The van der Waals surface area contributed by atoms with E-state index in [0.29, 0.717) is 12.8 Å². The van der Waals surface area contributed by atoms with Gasteiger partial charge >= 0.3 is 11.9 Å². The number of esters is 2. The normalized spacial score (nSPS) is 13.1. The number of aliphatic hydroxyl groups excluding tert-OH is 1. The zero-order valence-corrected chi connectivity index (χ0v) is 57.7. The summed E-state index contributed by atoms with van der Waals surface area (Å²) in [5, 5.41) is 9.72. The first-order valence-corrected chi connectivity index (χ1v) is 37.4. The van der Waals surface area contributed by atoms with Crippen LogP contribution in [0.5, 0.6) is 0 Å². The van der Waals surface area contributed by atoms with Crippen molar-refractivity contribution in [2.45, 2.75) is 354 Å². The Morgan fingerprint density at radius 1 is 0.261 bits per heavy atom. The maximum atomic E-state index is 12.4. The number of hydrogen-bond donors (Lipinski definition) is 1. The molecule has 0 aliphatic carbocycles. The van der Waals surface area contributed by atoms with Gasteiger partial charge in [0.1, 0.15) is 6.61 Å². The van der Waals surface area contributed by atoms with E-state index in [9.17, 15) is 14.7 Å². The van der Waals surface area contributed by atoms with E-state index in [4.69, 9.17) is 9.47 Å². The van der Waals surface area contributed by atoms with Crippen LogP contribution in [0.15, 0.2) is 146 Å². The molecule has 1 atom stereocenters. The predicted molar refractivity (Wildman–Crippen MR) is 389 cm³/mol. The quantitative estimate of drug-likeness (QED) is 0.0373. The van der Waals surface area contributed by atoms with Gasteiger partial charge in [-0.1, -0.05) is 365 Å². The minimum atomic E-state index is -0.780. The fraction of sp³-hybridized carbons (Fsp3) is 0.687. The van der Waals surface area contributed by atoms with Gasteiger partial charge < -0.3 is 14.6 Å². The van der Waals surface area contributed by atoms with E-state index in [-0.39, 0.29) is 25.2 Å². The summed E-state index contributed by atoms with van der Waals surface area (Å²) in [4.78, 5) is 24.7. The Labute approximate surface area is 546 Å². The molecule has 502 valence electrons. The first kappa shape index (κ1) is 83.8. The van der Waals surface area contributed by atoms with Crippen LogP contribution >= 0.6 is 0 Å². The Morgan fingerprint density at radius 3 is 0.682 bits per heavy atom. The Bertz CT molecular complexity index is 1810. The van der Waals surface area contributed by atoms with E-state index in [1.165, 1.54) is 205 Å². The summed E-state index contributed by atoms with van der Waals surface area (Å²) < 4.78 is 10.8. The Hall–Kier alpha value is -4.22. The van der Waals surface area contributed by atoms with Crippen molar-refractivity contribution >= 4 is 11.9 Å². The molecule has 0 aliphatic rings. The lowest BCUT2D eigenvalue weighted by atomic mass is 10.0. The molecule has 0 aromatic heterocycles. The molecule has 0 aromatic carbocycles. The molecule has 0 saturated heterocycles. The van der Waals surface area contributed by atoms with E-state index in [0.717, 1.165) is 116 Å². The number of ether oxygens (including phenoxy) is 2. The number of carbonyl (C=O) groups excluding carboxylic acids is 2. The van der Waals surface area contributed by atoms with Crippen molar-refractivity contribution in [3.05, 3.63) is 146 Å². The molecule has 0 heterocycles. The zero-order valence-electron chi connectivity index (χ0n) is 57.7. The van der Waals surface area contributed by atoms with Crippen molar-refractivity contribution in [1.82, 2.24) is 0 Å². The standard InChI is InChI=1S/C83H140O5/c1-3-5-7-9-11-13-15-17-19-21-23-25-27-29-31-33-35-37-39-40-41-42-44-46-48-50-52-54-56-58-60-62-64-66-68-70-72-74-76-78-83(86)88-81(79-84)80-87-82(85)77-75-73-71-69-67-65-63-61-59-57-55-53-51-49-47-45-43-38-36-34-32-30-28-26-24-22-20-18-16-14-12-10-8-6-4-2/h5-8,11-14,17-20,23-26,29,31,35,37,40-41,44,46,81,84H,3-4,9-10,15-16,21-22,27-28,30,32-34,36,38-39,42-43,45,47-80H2,1-2H3/b7-5-,8-6-,13-11-,14-12-,19-17-,20-18-,25-23-,26-24-,31-29-,37-35-,41-40-,46-44-. The van der Waals surface area contributed by atoms with Crippen LogP contribution in [0.25, 0.3) is 0 Å². The monoisotopic (exact) mass is 1220 g/mol. The number of hydrogen-bond acceptors (Lipinski definition) is 5. The number of aliphatic hydroxyl groups is 1. The lowest BCUT2D eigenvalue weighted by Crippen LogP contribution is -2.28. The molecule has 0 amide bonds. The van der Waals surface area contributed by atoms with Gasteiger partial charge in [0.15, 0.2) is 6.10 Å². The Balaban J connectivity index is 3.47. The summed E-state index contributed by atoms with van der Waals surface area (Å²) in [6.07, 6.45) is 116. The SMILES string of the molecule is CC/C=C\C/C=C\C/C=C\C/C=C\C/C=C\C/C=C\C/C=C\C/C=C\CCCCCCCCCCCCCCCCC(=O)OC(CO)COC(=O)CCCCCCCCCCCCCCCCCCCCCCCC/C=C\C/C=C\C/C=C\C/C=C\CC. The number of allylic oxidation sites excluding steroid dienone is 24. The third kappa shape index (κ3) is 74.2. The molecule has 0 saturated carbocycles. The third-order valence-corrected chi connectivity index (χ3v) is 16.1. The lowest BCUT2D eigenvalue weighted by Gasteiger charge is -2.15. The van der Waals surface area contributed by atoms with Crippen LogP contribution in [-0.2, 0) is 19.1 Å². The minimum Gasteiger partial charge on any atom is -0.462 e. The molecule has 0 bridgehead atoms. The van der Waals surface area contributed by atoms with Crippen molar-refractivity contribution in [2.24, 2.45) is 0 Å². The molecule has 88 heavy (non-hydrogen) atoms. The Kier molecular flexibility index (Phi) is 73.3. The zero-order chi connectivity index (χ0) is 63.3. The Morgan fingerprint density at radius 2 is 0.455 bits per heavy atom. The molecule has 0 radical (unpaired) electrons. The summed E-state index contributed by atoms with van der Waals surface area (Å²) in [6, 6.07) is 0. The van der Waals surface area contributed by atoms with Crippen molar-refractivity contribution < 1.29 is 24.2 Å². The van der Waals surface area contributed by atoms with Crippen LogP contribution in [-0.4, -0.2) is 36.4 Å². The first-order chi connectivity index (χ1) is 43.6. The minimum absolute atomic E-state index is 0.0679. The van der Waals surface area contributed by atoms with Crippen molar-refractivity contribution in [2.75, 3.05) is 13.2 Å². The topological polar surface area (TPSA) is 72.8 Å². The van der Waals surface area contributed by atoms with E-state index < -0.39 is 6.10 Å². The molecule has 1 N–H and O–H groups in total. The number of rotatable bonds is 68. The molecular weight excluding hydrogens is 1080 g/mol. The molecule has 0 aromatic rings. The van der Waals surface area contributed by atoms with Crippen LogP contribution in [0.3, 0.4) is 0 Å². The van der Waals surface area contributed by atoms with Crippen LogP contribution in [0.2, 0.25) is 0 Å². The van der Waals surface area contributed by atoms with Crippen LogP contribution in [0.4, 0.5) is 0 Å². The van der Waals surface area contributed by atoms with Gasteiger partial charge in [0.05, 0.1) is 6.61 Å². The maximum Gasteiger partial charge on any atom is 0.306 e. The molecule has 0 aliphatic heterocycles.